The Kier molecular flexibility index (Phi) is 5.76. The monoisotopic (exact) mass is 407 g/mol. The number of hydrogen-bond acceptors (Lipinski definition) is 5. The average molecular weight is 407 g/mol. The molecule has 0 aliphatic rings. The van der Waals surface area contributed by atoms with Crippen molar-refractivity contribution in [2.45, 2.75) is 18.9 Å². The second-order valence-corrected chi connectivity index (χ2v) is 7.41. The number of aryl methyl sites for hydroxylation is 1. The van der Waals surface area contributed by atoms with Gasteiger partial charge in [0, 0.05) is 23.3 Å². The zero-order chi connectivity index (χ0) is 20.1. The standard InChI is InChI=1S/C22H18FN3O2S/c23-17-10-8-15(9-11-17)21(18-7-4-14-29-18)24-19(27)12-13-20-25-26-22(28-20)16-5-2-1-3-6-16/h1-11,14,21H,12-13H2,(H,24,27). The van der Waals surface area contributed by atoms with Crippen LogP contribution in [0.15, 0.2) is 76.5 Å². The molecule has 1 N–H and O–H groups in total. The molecule has 1 atom stereocenters. The number of thiophene rings is 1. The second-order valence-electron chi connectivity index (χ2n) is 6.43. The van der Waals surface area contributed by atoms with Gasteiger partial charge in [-0.3, -0.25) is 4.79 Å². The van der Waals surface area contributed by atoms with E-state index in [0.29, 0.717) is 18.2 Å². The largest absolute Gasteiger partial charge is 0.421 e. The van der Waals surface area contributed by atoms with Crippen LogP contribution in [-0.4, -0.2) is 16.1 Å². The van der Waals surface area contributed by atoms with E-state index in [1.807, 2.05) is 47.8 Å². The Hall–Kier alpha value is -3.32. The van der Waals surface area contributed by atoms with E-state index in [4.69, 9.17) is 4.42 Å². The molecule has 0 fully saturated rings. The average Bonchev–Trinajstić information content (AvgIpc) is 3.44. The smallest absolute Gasteiger partial charge is 0.247 e. The summed E-state index contributed by atoms with van der Waals surface area (Å²) in [6.07, 6.45) is 0.547. The molecule has 1 amide bonds. The molecule has 2 heterocycles. The van der Waals surface area contributed by atoms with Gasteiger partial charge in [-0.05, 0) is 41.3 Å². The molecular weight excluding hydrogens is 389 g/mol. The Bertz CT molecular complexity index is 1060. The summed E-state index contributed by atoms with van der Waals surface area (Å²) >= 11 is 1.54. The summed E-state index contributed by atoms with van der Waals surface area (Å²) in [7, 11) is 0. The highest BCUT2D eigenvalue weighted by Crippen LogP contribution is 2.26. The van der Waals surface area contributed by atoms with Crippen molar-refractivity contribution in [3.8, 4) is 11.5 Å². The molecule has 4 rings (SSSR count). The molecule has 29 heavy (non-hydrogen) atoms. The van der Waals surface area contributed by atoms with Gasteiger partial charge in [0.15, 0.2) is 0 Å². The summed E-state index contributed by atoms with van der Waals surface area (Å²) in [4.78, 5) is 13.5. The van der Waals surface area contributed by atoms with E-state index < -0.39 is 0 Å². The van der Waals surface area contributed by atoms with Gasteiger partial charge in [0.2, 0.25) is 17.7 Å². The lowest BCUT2D eigenvalue weighted by molar-refractivity contribution is -0.121. The highest BCUT2D eigenvalue weighted by Gasteiger charge is 2.19. The molecule has 146 valence electrons. The van der Waals surface area contributed by atoms with E-state index in [1.165, 1.54) is 23.5 Å². The fourth-order valence-electron chi connectivity index (χ4n) is 2.94. The van der Waals surface area contributed by atoms with Crippen LogP contribution in [0.3, 0.4) is 0 Å². The first-order chi connectivity index (χ1) is 14.2. The van der Waals surface area contributed by atoms with Crippen LogP contribution in [0.2, 0.25) is 0 Å². The molecule has 5 nitrogen and oxygen atoms in total. The molecule has 0 spiro atoms. The molecule has 0 aliphatic carbocycles. The molecule has 2 aromatic heterocycles. The van der Waals surface area contributed by atoms with Gasteiger partial charge < -0.3 is 9.73 Å². The maximum Gasteiger partial charge on any atom is 0.247 e. The summed E-state index contributed by atoms with van der Waals surface area (Å²) in [6.45, 7) is 0. The van der Waals surface area contributed by atoms with E-state index in [1.54, 1.807) is 12.1 Å². The van der Waals surface area contributed by atoms with Crippen LogP contribution < -0.4 is 5.32 Å². The van der Waals surface area contributed by atoms with Crippen molar-refractivity contribution < 1.29 is 13.6 Å². The number of nitrogens with zero attached hydrogens (tertiary/aromatic N) is 2. The summed E-state index contributed by atoms with van der Waals surface area (Å²) < 4.78 is 18.9. The van der Waals surface area contributed by atoms with Crippen molar-refractivity contribution in [3.05, 3.63) is 94.3 Å². The number of amides is 1. The maximum atomic E-state index is 13.3. The van der Waals surface area contributed by atoms with Crippen molar-refractivity contribution in [2.24, 2.45) is 0 Å². The van der Waals surface area contributed by atoms with Gasteiger partial charge in [-0.15, -0.1) is 21.5 Å². The van der Waals surface area contributed by atoms with Crippen molar-refractivity contribution >= 4 is 17.2 Å². The minimum Gasteiger partial charge on any atom is -0.421 e. The lowest BCUT2D eigenvalue weighted by Crippen LogP contribution is -2.29. The van der Waals surface area contributed by atoms with Crippen LogP contribution >= 0.6 is 11.3 Å². The predicted molar refractivity (Wildman–Crippen MR) is 109 cm³/mol. The van der Waals surface area contributed by atoms with Crippen LogP contribution in [0.1, 0.15) is 28.8 Å². The Morgan fingerprint density at radius 2 is 1.83 bits per heavy atom. The molecule has 4 aromatic rings. The van der Waals surface area contributed by atoms with Gasteiger partial charge >= 0.3 is 0 Å². The maximum absolute atomic E-state index is 13.3. The predicted octanol–water partition coefficient (Wildman–Crippen LogP) is 4.78. The molecule has 0 aliphatic heterocycles. The van der Waals surface area contributed by atoms with E-state index >= 15 is 0 Å². The number of nitrogens with one attached hydrogen (secondary N) is 1. The first-order valence-corrected chi connectivity index (χ1v) is 10.0. The SMILES string of the molecule is O=C(CCc1nnc(-c2ccccc2)o1)NC(c1ccc(F)cc1)c1cccs1. The third-order valence-electron chi connectivity index (χ3n) is 4.39. The summed E-state index contributed by atoms with van der Waals surface area (Å²) in [5.41, 5.74) is 1.66. The lowest BCUT2D eigenvalue weighted by atomic mass is 10.0. The Balaban J connectivity index is 1.41. The van der Waals surface area contributed by atoms with Gasteiger partial charge in [-0.1, -0.05) is 36.4 Å². The number of halogens is 1. The van der Waals surface area contributed by atoms with Gasteiger partial charge in [0.1, 0.15) is 5.82 Å². The van der Waals surface area contributed by atoms with Crippen LogP contribution in [-0.2, 0) is 11.2 Å². The van der Waals surface area contributed by atoms with Crippen LogP contribution in [0, 0.1) is 5.82 Å². The number of benzene rings is 2. The zero-order valence-electron chi connectivity index (χ0n) is 15.4. The Morgan fingerprint density at radius 1 is 1.03 bits per heavy atom. The Morgan fingerprint density at radius 3 is 2.55 bits per heavy atom. The first kappa shape index (κ1) is 19.0. The van der Waals surface area contributed by atoms with Gasteiger partial charge in [0.05, 0.1) is 6.04 Å². The number of hydrogen-bond donors (Lipinski definition) is 1. The van der Waals surface area contributed by atoms with E-state index in [0.717, 1.165) is 16.0 Å². The normalized spacial score (nSPS) is 11.9. The lowest BCUT2D eigenvalue weighted by Gasteiger charge is -2.18. The van der Waals surface area contributed by atoms with Crippen molar-refractivity contribution in [1.29, 1.82) is 0 Å². The highest BCUT2D eigenvalue weighted by molar-refractivity contribution is 7.10. The van der Waals surface area contributed by atoms with Crippen LogP contribution in [0.4, 0.5) is 4.39 Å². The summed E-state index contributed by atoms with van der Waals surface area (Å²) in [5.74, 6) is 0.389. The molecule has 2 aromatic carbocycles. The van der Waals surface area contributed by atoms with E-state index in [9.17, 15) is 9.18 Å². The quantitative estimate of drug-likeness (QED) is 0.479. The first-order valence-electron chi connectivity index (χ1n) is 9.15. The third kappa shape index (κ3) is 4.75. The minimum absolute atomic E-state index is 0.146. The number of aromatic nitrogens is 2. The molecule has 1 unspecified atom stereocenters. The van der Waals surface area contributed by atoms with Crippen molar-refractivity contribution in [1.82, 2.24) is 15.5 Å². The van der Waals surface area contributed by atoms with Gasteiger partial charge in [-0.25, -0.2) is 4.39 Å². The summed E-state index contributed by atoms with van der Waals surface area (Å²) in [5, 5.41) is 13.0. The fraction of sp³-hybridized carbons (Fsp3) is 0.136. The van der Waals surface area contributed by atoms with Crippen LogP contribution in [0.5, 0.6) is 0 Å². The number of carbonyl (C=O) groups excluding carboxylic acids is 1. The molecule has 0 bridgehead atoms. The van der Waals surface area contributed by atoms with Gasteiger partial charge in [-0.2, -0.15) is 0 Å². The minimum atomic E-state index is -0.328. The molecular formula is C22H18FN3O2S. The molecule has 0 radical (unpaired) electrons. The molecule has 0 saturated carbocycles. The Labute approximate surface area is 171 Å². The third-order valence-corrected chi connectivity index (χ3v) is 5.33. The number of rotatable bonds is 7. The molecule has 7 heteroatoms. The fourth-order valence-corrected chi connectivity index (χ4v) is 3.74. The topological polar surface area (TPSA) is 68.0 Å². The highest BCUT2D eigenvalue weighted by atomic mass is 32.1. The van der Waals surface area contributed by atoms with Crippen molar-refractivity contribution in [2.75, 3.05) is 0 Å². The summed E-state index contributed by atoms with van der Waals surface area (Å²) in [6, 6.07) is 19.2. The second kappa shape index (κ2) is 8.79. The van der Waals surface area contributed by atoms with Crippen molar-refractivity contribution in [3.63, 3.8) is 0 Å². The van der Waals surface area contributed by atoms with E-state index in [2.05, 4.69) is 15.5 Å². The zero-order valence-corrected chi connectivity index (χ0v) is 16.2. The number of carbonyl (C=O) groups is 1. The van der Waals surface area contributed by atoms with Gasteiger partial charge in [0.25, 0.3) is 0 Å². The van der Waals surface area contributed by atoms with Crippen LogP contribution in [0.25, 0.3) is 11.5 Å². The van der Waals surface area contributed by atoms with E-state index in [-0.39, 0.29) is 24.2 Å². The molecule has 0 saturated heterocycles.